The summed E-state index contributed by atoms with van der Waals surface area (Å²) in [6, 6.07) is 0. The Labute approximate surface area is 156 Å². The fraction of sp³-hybridized carbons (Fsp3) is 0.833. The number of hydrogen-bond acceptors (Lipinski definition) is 5. The lowest BCUT2D eigenvalue weighted by Gasteiger charge is -2.07. The molecule has 0 spiro atoms. The molecule has 0 saturated heterocycles. The monoisotopic (exact) mass is 374 g/mol. The molecule has 0 bridgehead atoms. The van der Waals surface area contributed by atoms with E-state index in [0.29, 0.717) is 39.3 Å². The van der Waals surface area contributed by atoms with E-state index in [2.05, 4.69) is 10.6 Å². The first-order chi connectivity index (χ1) is 12.7. The van der Waals surface area contributed by atoms with Gasteiger partial charge < -0.3 is 25.2 Å². The van der Waals surface area contributed by atoms with Crippen LogP contribution in [0.4, 0.5) is 0 Å². The van der Waals surface area contributed by atoms with E-state index in [-0.39, 0.29) is 18.9 Å². The molecule has 0 aromatic carbocycles. The summed E-state index contributed by atoms with van der Waals surface area (Å²) in [7, 11) is 0. The van der Waals surface area contributed by atoms with Crippen LogP contribution in [0.15, 0.2) is 0 Å². The minimum Gasteiger partial charge on any atom is -0.481 e. The van der Waals surface area contributed by atoms with Crippen LogP contribution in [-0.2, 0) is 23.9 Å². The molecule has 152 valence electrons. The number of rotatable bonds is 20. The molecular weight excluding hydrogens is 340 g/mol. The molecule has 0 aliphatic heterocycles. The van der Waals surface area contributed by atoms with Crippen LogP contribution in [0.1, 0.15) is 57.8 Å². The van der Waals surface area contributed by atoms with Crippen LogP contribution in [0.3, 0.4) is 0 Å². The zero-order chi connectivity index (χ0) is 19.3. The van der Waals surface area contributed by atoms with Crippen LogP contribution >= 0.6 is 0 Å². The summed E-state index contributed by atoms with van der Waals surface area (Å²) in [5.74, 6) is -0.833. The largest absolute Gasteiger partial charge is 0.481 e. The van der Waals surface area contributed by atoms with Crippen LogP contribution in [0.5, 0.6) is 0 Å². The molecule has 0 saturated carbocycles. The van der Waals surface area contributed by atoms with Crippen molar-refractivity contribution in [3.63, 3.8) is 0 Å². The molecule has 3 N–H and O–H groups in total. The number of amides is 2. The SMILES string of the molecule is O=CNCCOCCOCC(=O)NCCCCCCCCCCC(=O)O. The Balaban J connectivity index is 3.17. The van der Waals surface area contributed by atoms with Crippen molar-refractivity contribution in [2.24, 2.45) is 0 Å². The number of carboxylic acids is 1. The van der Waals surface area contributed by atoms with Crippen molar-refractivity contribution >= 4 is 18.3 Å². The van der Waals surface area contributed by atoms with Crippen LogP contribution in [-0.4, -0.2) is 62.9 Å². The summed E-state index contributed by atoms with van der Waals surface area (Å²) >= 11 is 0. The lowest BCUT2D eigenvalue weighted by atomic mass is 10.1. The van der Waals surface area contributed by atoms with Crippen molar-refractivity contribution in [3.05, 3.63) is 0 Å². The highest BCUT2D eigenvalue weighted by Crippen LogP contribution is 2.09. The van der Waals surface area contributed by atoms with E-state index in [1.165, 1.54) is 0 Å². The Morgan fingerprint density at radius 2 is 1.42 bits per heavy atom. The first-order valence-corrected chi connectivity index (χ1v) is 9.48. The van der Waals surface area contributed by atoms with E-state index in [4.69, 9.17) is 14.6 Å². The Morgan fingerprint density at radius 1 is 0.808 bits per heavy atom. The maximum Gasteiger partial charge on any atom is 0.303 e. The minimum absolute atomic E-state index is 0.0340. The zero-order valence-corrected chi connectivity index (χ0v) is 15.7. The van der Waals surface area contributed by atoms with Crippen molar-refractivity contribution in [2.75, 3.05) is 39.5 Å². The molecule has 26 heavy (non-hydrogen) atoms. The van der Waals surface area contributed by atoms with Crippen molar-refractivity contribution < 1.29 is 29.0 Å². The van der Waals surface area contributed by atoms with Gasteiger partial charge in [-0.1, -0.05) is 38.5 Å². The second-order valence-electron chi connectivity index (χ2n) is 6.06. The Bertz CT molecular complexity index is 366. The molecule has 0 radical (unpaired) electrons. The van der Waals surface area contributed by atoms with Crippen molar-refractivity contribution in [1.82, 2.24) is 10.6 Å². The number of hydrogen-bond donors (Lipinski definition) is 3. The van der Waals surface area contributed by atoms with Crippen LogP contribution in [0.2, 0.25) is 0 Å². The van der Waals surface area contributed by atoms with Crippen LogP contribution < -0.4 is 10.6 Å². The molecule has 0 heterocycles. The molecule has 0 fully saturated rings. The van der Waals surface area contributed by atoms with Crippen molar-refractivity contribution in [2.45, 2.75) is 57.8 Å². The van der Waals surface area contributed by atoms with Gasteiger partial charge in [-0.3, -0.25) is 14.4 Å². The first kappa shape index (κ1) is 24.3. The Morgan fingerprint density at radius 3 is 2.08 bits per heavy atom. The fourth-order valence-corrected chi connectivity index (χ4v) is 2.32. The summed E-state index contributed by atoms with van der Waals surface area (Å²) in [6.45, 7) is 2.33. The summed E-state index contributed by atoms with van der Waals surface area (Å²) in [4.78, 5) is 31.9. The number of ether oxygens (including phenoxy) is 2. The third kappa shape index (κ3) is 20.4. The molecule has 2 amide bonds. The second kappa shape index (κ2) is 19.7. The molecule has 0 rings (SSSR count). The third-order valence-corrected chi connectivity index (χ3v) is 3.72. The summed E-state index contributed by atoms with van der Waals surface area (Å²) in [6.07, 6.45) is 9.23. The van der Waals surface area contributed by atoms with Gasteiger partial charge in [0.05, 0.1) is 19.8 Å². The predicted molar refractivity (Wildman–Crippen MR) is 97.9 cm³/mol. The standard InChI is InChI=1S/C18H34N2O6/c21-16-19-11-12-25-13-14-26-15-17(22)20-10-8-6-4-2-1-3-5-7-9-18(23)24/h16H,1-15H2,(H,19,21)(H,20,22)(H,23,24). The normalized spacial score (nSPS) is 10.5. The molecule has 8 heteroatoms. The molecule has 8 nitrogen and oxygen atoms in total. The van der Waals surface area contributed by atoms with E-state index in [9.17, 15) is 14.4 Å². The van der Waals surface area contributed by atoms with Gasteiger partial charge in [-0.25, -0.2) is 0 Å². The van der Waals surface area contributed by atoms with E-state index >= 15 is 0 Å². The van der Waals surface area contributed by atoms with Gasteiger partial charge >= 0.3 is 5.97 Å². The highest BCUT2D eigenvalue weighted by Gasteiger charge is 2.01. The van der Waals surface area contributed by atoms with Gasteiger partial charge in [0, 0.05) is 19.5 Å². The molecule has 0 aliphatic rings. The van der Waals surface area contributed by atoms with Crippen molar-refractivity contribution in [3.8, 4) is 0 Å². The average molecular weight is 374 g/mol. The maximum atomic E-state index is 11.5. The lowest BCUT2D eigenvalue weighted by Crippen LogP contribution is -2.29. The Hall–Kier alpha value is -1.67. The maximum absolute atomic E-state index is 11.5. The van der Waals surface area contributed by atoms with E-state index in [0.717, 1.165) is 51.4 Å². The molecule has 0 aromatic heterocycles. The van der Waals surface area contributed by atoms with Crippen LogP contribution in [0.25, 0.3) is 0 Å². The third-order valence-electron chi connectivity index (χ3n) is 3.72. The quantitative estimate of drug-likeness (QED) is 0.220. The molecule has 0 unspecified atom stereocenters. The van der Waals surface area contributed by atoms with Gasteiger partial charge in [0.25, 0.3) is 0 Å². The molecule has 0 aromatic rings. The molecule has 0 aliphatic carbocycles. The molecule has 0 atom stereocenters. The highest BCUT2D eigenvalue weighted by atomic mass is 16.5. The predicted octanol–water partition coefficient (Wildman–Crippen LogP) is 1.48. The van der Waals surface area contributed by atoms with Gasteiger partial charge in [0.1, 0.15) is 6.61 Å². The number of carbonyl (C=O) groups is 3. The Kier molecular flexibility index (Phi) is 18.4. The summed E-state index contributed by atoms with van der Waals surface area (Å²) in [5, 5.41) is 13.8. The highest BCUT2D eigenvalue weighted by molar-refractivity contribution is 5.77. The average Bonchev–Trinajstić information content (AvgIpc) is 2.61. The summed E-state index contributed by atoms with van der Waals surface area (Å²) < 4.78 is 10.4. The number of carboxylic acid groups (broad SMARTS) is 1. The van der Waals surface area contributed by atoms with Gasteiger partial charge in [-0.15, -0.1) is 0 Å². The first-order valence-electron chi connectivity index (χ1n) is 9.48. The molecular formula is C18H34N2O6. The smallest absolute Gasteiger partial charge is 0.303 e. The van der Waals surface area contributed by atoms with E-state index in [1.54, 1.807) is 0 Å². The lowest BCUT2D eigenvalue weighted by molar-refractivity contribution is -0.137. The number of aliphatic carboxylic acids is 1. The number of carbonyl (C=O) groups excluding carboxylic acids is 2. The second-order valence-corrected chi connectivity index (χ2v) is 6.06. The van der Waals surface area contributed by atoms with E-state index < -0.39 is 5.97 Å². The number of nitrogens with one attached hydrogen (secondary N) is 2. The van der Waals surface area contributed by atoms with Gasteiger partial charge in [-0.05, 0) is 12.8 Å². The van der Waals surface area contributed by atoms with Gasteiger partial charge in [-0.2, -0.15) is 0 Å². The van der Waals surface area contributed by atoms with Gasteiger partial charge in [0.2, 0.25) is 12.3 Å². The van der Waals surface area contributed by atoms with Crippen LogP contribution in [0, 0.1) is 0 Å². The van der Waals surface area contributed by atoms with E-state index in [1.807, 2.05) is 0 Å². The van der Waals surface area contributed by atoms with Gasteiger partial charge in [0.15, 0.2) is 0 Å². The fourth-order valence-electron chi connectivity index (χ4n) is 2.32. The summed E-state index contributed by atoms with van der Waals surface area (Å²) in [5.41, 5.74) is 0. The topological polar surface area (TPSA) is 114 Å². The number of unbranched alkanes of at least 4 members (excludes halogenated alkanes) is 7. The zero-order valence-electron chi connectivity index (χ0n) is 15.7. The van der Waals surface area contributed by atoms with Crippen molar-refractivity contribution in [1.29, 1.82) is 0 Å². The minimum atomic E-state index is -0.714.